The summed E-state index contributed by atoms with van der Waals surface area (Å²) in [4.78, 5) is 31.7. The van der Waals surface area contributed by atoms with Gasteiger partial charge < -0.3 is 14.9 Å². The Hall–Kier alpha value is -3.38. The second-order valence-electron chi connectivity index (χ2n) is 11.5. The van der Waals surface area contributed by atoms with Crippen molar-refractivity contribution in [2.75, 3.05) is 57.3 Å². The molecule has 3 aliphatic rings. The van der Waals surface area contributed by atoms with E-state index in [4.69, 9.17) is 5.11 Å². The van der Waals surface area contributed by atoms with Crippen LogP contribution < -0.4 is 4.90 Å². The molecule has 1 fully saturated rings. The molecule has 2 aliphatic heterocycles. The predicted octanol–water partition coefficient (Wildman–Crippen LogP) is 7.74. The van der Waals surface area contributed by atoms with Crippen molar-refractivity contribution in [1.29, 1.82) is 0 Å². The van der Waals surface area contributed by atoms with Crippen molar-refractivity contribution < 1.29 is 27.9 Å². The Kier molecular flexibility index (Phi) is 15.2. The fourth-order valence-electron chi connectivity index (χ4n) is 5.95. The van der Waals surface area contributed by atoms with Crippen LogP contribution in [0.15, 0.2) is 119 Å². The first-order valence-electron chi connectivity index (χ1n) is 15.6. The van der Waals surface area contributed by atoms with E-state index in [9.17, 15) is 22.8 Å². The number of aliphatic hydroxyl groups is 1. The van der Waals surface area contributed by atoms with E-state index < -0.39 is 11.7 Å². The predicted molar refractivity (Wildman–Crippen MR) is 195 cm³/mol. The Bertz CT molecular complexity index is 1640. The van der Waals surface area contributed by atoms with E-state index in [0.717, 1.165) is 60.2 Å². The molecule has 3 aromatic rings. The monoisotopic (exact) mass is 733 g/mol. The Labute approximate surface area is 302 Å². The molecular weight excluding hydrogens is 694 g/mol. The first-order valence-corrected chi connectivity index (χ1v) is 16.5. The number of aliphatic hydroxyl groups excluding tert-OH is 1. The number of alkyl halides is 3. The highest BCUT2D eigenvalue weighted by Crippen LogP contribution is 2.49. The van der Waals surface area contributed by atoms with Crippen LogP contribution in [0.1, 0.15) is 23.5 Å². The molecule has 2 heterocycles. The third-order valence-corrected chi connectivity index (χ3v) is 9.53. The van der Waals surface area contributed by atoms with Crippen LogP contribution in [0, 0.1) is 0 Å². The Morgan fingerprint density at radius 2 is 1.45 bits per heavy atom. The molecule has 6 nitrogen and oxygen atoms in total. The summed E-state index contributed by atoms with van der Waals surface area (Å²) in [5, 5.41) is 9.07. The van der Waals surface area contributed by atoms with Crippen LogP contribution >= 0.6 is 36.6 Å². The van der Waals surface area contributed by atoms with Crippen molar-refractivity contribution in [3.8, 4) is 0 Å². The van der Waals surface area contributed by atoms with Crippen LogP contribution in [0.25, 0.3) is 0 Å². The molecule has 1 aliphatic carbocycles. The van der Waals surface area contributed by atoms with Gasteiger partial charge in [-0.1, -0.05) is 60.3 Å². The number of fused-ring (bicyclic) bond motifs is 2. The molecule has 3 aromatic carbocycles. The van der Waals surface area contributed by atoms with Gasteiger partial charge in [0, 0.05) is 60.6 Å². The van der Waals surface area contributed by atoms with Gasteiger partial charge in [0.05, 0.1) is 23.5 Å². The number of β-amino-alcohol motifs (C(OH)–C–C–N with tert-alkyl or cyclic N) is 1. The van der Waals surface area contributed by atoms with Gasteiger partial charge in [0.15, 0.2) is 11.6 Å². The summed E-state index contributed by atoms with van der Waals surface area (Å²) in [6, 6.07) is 21.5. The molecule has 0 amide bonds. The van der Waals surface area contributed by atoms with E-state index in [1.807, 2.05) is 59.5 Å². The highest BCUT2D eigenvalue weighted by atomic mass is 35.5. The molecule has 49 heavy (non-hydrogen) atoms. The summed E-state index contributed by atoms with van der Waals surface area (Å²) in [5.74, 6) is -0.502. The normalized spacial score (nSPS) is 16.6. The average Bonchev–Trinajstić information content (AvgIpc) is 3.07. The van der Waals surface area contributed by atoms with Gasteiger partial charge in [-0.15, -0.1) is 31.4 Å². The molecule has 0 aromatic heterocycles. The van der Waals surface area contributed by atoms with E-state index in [-0.39, 0.29) is 48.9 Å². The minimum Gasteiger partial charge on any atom is -0.395 e. The highest BCUT2D eigenvalue weighted by molar-refractivity contribution is 7.99. The topological polar surface area (TPSA) is 64.1 Å². The van der Waals surface area contributed by atoms with Crippen molar-refractivity contribution in [2.45, 2.75) is 28.3 Å². The molecule has 1 saturated heterocycles. The second-order valence-corrected chi connectivity index (χ2v) is 12.6. The van der Waals surface area contributed by atoms with Gasteiger partial charge in [0.2, 0.25) is 0 Å². The lowest BCUT2D eigenvalue weighted by Gasteiger charge is -2.36. The minimum atomic E-state index is -4.35. The third-order valence-electron chi connectivity index (χ3n) is 8.40. The summed E-state index contributed by atoms with van der Waals surface area (Å²) in [7, 11) is 0. The molecule has 12 heteroatoms. The van der Waals surface area contributed by atoms with E-state index in [1.54, 1.807) is 12.1 Å². The van der Waals surface area contributed by atoms with Gasteiger partial charge in [-0.05, 0) is 67.1 Å². The van der Waals surface area contributed by atoms with E-state index >= 15 is 0 Å². The first-order chi connectivity index (χ1) is 22.7. The Balaban J connectivity index is 0.000000293. The van der Waals surface area contributed by atoms with Crippen LogP contribution in [-0.4, -0.2) is 78.9 Å². The number of halogens is 5. The Morgan fingerprint density at radius 3 is 2.10 bits per heavy atom. The van der Waals surface area contributed by atoms with Crippen LogP contribution in [0.4, 0.5) is 24.5 Å². The maximum Gasteiger partial charge on any atom is 0.416 e. The molecule has 0 spiro atoms. The van der Waals surface area contributed by atoms with Crippen LogP contribution in [0.2, 0.25) is 0 Å². The maximum atomic E-state index is 13.3. The molecule has 1 N–H and O–H groups in total. The number of ketones is 2. The highest BCUT2D eigenvalue weighted by Gasteiger charge is 2.33. The Morgan fingerprint density at radius 1 is 0.816 bits per heavy atom. The van der Waals surface area contributed by atoms with Gasteiger partial charge in [0.1, 0.15) is 0 Å². The number of hydrogen-bond acceptors (Lipinski definition) is 7. The van der Waals surface area contributed by atoms with Crippen LogP contribution in [0.3, 0.4) is 0 Å². The van der Waals surface area contributed by atoms with Gasteiger partial charge in [-0.3, -0.25) is 14.5 Å². The smallest absolute Gasteiger partial charge is 0.395 e. The van der Waals surface area contributed by atoms with Crippen LogP contribution in [-0.2, 0) is 15.8 Å². The molecule has 0 radical (unpaired) electrons. The summed E-state index contributed by atoms with van der Waals surface area (Å²) in [6.45, 7) is 10.0. The zero-order chi connectivity index (χ0) is 33.4. The number of carbonyl (C=O) groups is 2. The number of carbonyl (C=O) groups excluding carboxylic acids is 2. The zero-order valence-electron chi connectivity index (χ0n) is 26.9. The SMILES string of the molecule is C=CC(C1=CC(=O)C=CC1=O)c1ccccc1.Cl.Cl.OCCN1CCN(CCCN2c3ccccc3Sc3ccc(C(F)(F)F)cc32)CC1. The van der Waals surface area contributed by atoms with Gasteiger partial charge in [-0.2, -0.15) is 13.2 Å². The van der Waals surface area contributed by atoms with Crippen molar-refractivity contribution in [3.63, 3.8) is 0 Å². The van der Waals surface area contributed by atoms with Crippen molar-refractivity contribution in [2.24, 2.45) is 0 Å². The first kappa shape index (κ1) is 40.1. The number of piperazine rings is 1. The van der Waals surface area contributed by atoms with Gasteiger partial charge in [-0.25, -0.2) is 0 Å². The number of hydrogen-bond donors (Lipinski definition) is 1. The number of nitrogens with zero attached hydrogens (tertiary/aromatic N) is 3. The van der Waals surface area contributed by atoms with Crippen molar-refractivity contribution >= 4 is 59.5 Å². The lowest BCUT2D eigenvalue weighted by atomic mass is 9.86. The van der Waals surface area contributed by atoms with E-state index in [0.29, 0.717) is 24.4 Å². The lowest BCUT2D eigenvalue weighted by Crippen LogP contribution is -2.47. The van der Waals surface area contributed by atoms with Gasteiger partial charge >= 0.3 is 6.18 Å². The number of anilines is 2. The number of allylic oxidation sites excluding steroid dienone is 5. The molecule has 1 unspecified atom stereocenters. The quantitative estimate of drug-likeness (QED) is 0.178. The number of para-hydroxylation sites is 1. The van der Waals surface area contributed by atoms with Crippen LogP contribution in [0.5, 0.6) is 0 Å². The van der Waals surface area contributed by atoms with E-state index in [2.05, 4.69) is 16.4 Å². The molecular formula is C37H40Cl2F3N3O3S. The second kappa shape index (κ2) is 18.6. The number of rotatable bonds is 9. The van der Waals surface area contributed by atoms with E-state index in [1.165, 1.54) is 42.1 Å². The third kappa shape index (κ3) is 10.3. The average molecular weight is 735 g/mol. The summed E-state index contributed by atoms with van der Waals surface area (Å²) < 4.78 is 39.9. The summed E-state index contributed by atoms with van der Waals surface area (Å²) in [6.07, 6.45) is 2.20. The molecule has 0 saturated carbocycles. The minimum absolute atomic E-state index is 0. The summed E-state index contributed by atoms with van der Waals surface area (Å²) in [5.41, 5.74) is 2.46. The van der Waals surface area contributed by atoms with Crippen molar-refractivity contribution in [3.05, 3.63) is 120 Å². The zero-order valence-corrected chi connectivity index (χ0v) is 29.3. The fraction of sp³-hybridized carbons (Fsp3) is 0.297. The maximum absolute atomic E-state index is 13.3. The molecule has 1 atom stereocenters. The molecule has 0 bridgehead atoms. The molecule has 6 rings (SSSR count). The van der Waals surface area contributed by atoms with Gasteiger partial charge in [0.25, 0.3) is 0 Å². The fourth-order valence-corrected chi connectivity index (χ4v) is 7.03. The lowest BCUT2D eigenvalue weighted by molar-refractivity contribution is -0.137. The number of benzene rings is 3. The van der Waals surface area contributed by atoms with Crippen molar-refractivity contribution in [1.82, 2.24) is 9.80 Å². The molecule has 262 valence electrons. The standard InChI is InChI=1S/C22H26F3N3OS.C15H12O2.2ClH/c23-22(24,25)17-6-7-21-19(16-17)28(18-4-1-2-5-20(18)30-21)9-3-8-26-10-12-27(13-11-26)14-15-29;1-2-13(11-6-4-3-5-7-11)14-10-12(16)8-9-15(14)17;;/h1-2,4-7,16,29H,3,8-15H2;2-10,13H,1H2;2*1H. The largest absolute Gasteiger partial charge is 0.416 e. The summed E-state index contributed by atoms with van der Waals surface area (Å²) >= 11 is 1.53.